The fourth-order valence-electron chi connectivity index (χ4n) is 9.30. The third-order valence-electron chi connectivity index (χ3n) is 11.9. The summed E-state index contributed by atoms with van der Waals surface area (Å²) in [5.41, 5.74) is 4.52. The second kappa shape index (κ2) is 12.0. The van der Waals surface area contributed by atoms with E-state index >= 15 is 0 Å². The Morgan fingerprint density at radius 1 is 0.362 bits per heavy atom. The van der Waals surface area contributed by atoms with Gasteiger partial charge in [0.05, 0.1) is 0 Å². The average molecular weight is 756 g/mol. The van der Waals surface area contributed by atoms with Crippen molar-refractivity contribution in [1.82, 2.24) is 15.0 Å². The van der Waals surface area contributed by atoms with Gasteiger partial charge in [-0.1, -0.05) is 158 Å². The molecule has 268 valence electrons. The summed E-state index contributed by atoms with van der Waals surface area (Å²) in [6.45, 7) is 0. The number of aromatic nitrogens is 3. The monoisotopic (exact) mass is 755 g/mol. The summed E-state index contributed by atoms with van der Waals surface area (Å²) in [4.78, 5) is 16.1. The minimum absolute atomic E-state index is 0.611. The van der Waals surface area contributed by atoms with Crippen LogP contribution in [-0.2, 0) is 0 Å². The molecule has 0 saturated heterocycles. The van der Waals surface area contributed by atoms with Crippen molar-refractivity contribution in [2.45, 2.75) is 0 Å². The zero-order chi connectivity index (χ0) is 37.9. The highest BCUT2D eigenvalue weighted by Crippen LogP contribution is 2.47. The van der Waals surface area contributed by atoms with Crippen molar-refractivity contribution in [1.29, 1.82) is 0 Å². The molecule has 0 spiro atoms. The van der Waals surface area contributed by atoms with Gasteiger partial charge in [-0.15, -0.1) is 11.3 Å². The van der Waals surface area contributed by atoms with Crippen LogP contribution in [0.1, 0.15) is 0 Å². The van der Waals surface area contributed by atoms with E-state index in [9.17, 15) is 0 Å². The molecule has 0 amide bonds. The van der Waals surface area contributed by atoms with Gasteiger partial charge in [-0.2, -0.15) is 0 Å². The summed E-state index contributed by atoms with van der Waals surface area (Å²) in [5.74, 6) is 1.88. The summed E-state index contributed by atoms with van der Waals surface area (Å²) in [6, 6.07) is 62.4. The van der Waals surface area contributed by atoms with Crippen LogP contribution in [0.15, 0.2) is 180 Å². The third kappa shape index (κ3) is 4.47. The highest BCUT2D eigenvalue weighted by atomic mass is 32.1. The van der Waals surface area contributed by atoms with E-state index in [0.717, 1.165) is 59.5 Å². The first-order valence-electron chi connectivity index (χ1n) is 19.5. The maximum atomic E-state index is 7.08. The SMILES string of the molecule is c1ccc(-c2nc(-c3cccc4c3sc3c5ccccc5ccc43)nc(-c3c4ccccc4cc4oc5c(ccc6c7ccccc7c7ccccc7c65)c34)n2)cc1. The zero-order valence-corrected chi connectivity index (χ0v) is 31.7. The Balaban J connectivity index is 1.15. The van der Waals surface area contributed by atoms with Gasteiger partial charge < -0.3 is 4.42 Å². The summed E-state index contributed by atoms with van der Waals surface area (Å²) in [7, 11) is 0. The van der Waals surface area contributed by atoms with Crippen LogP contribution < -0.4 is 0 Å². The van der Waals surface area contributed by atoms with Crippen molar-refractivity contribution >= 4 is 107 Å². The molecule has 13 rings (SSSR count). The van der Waals surface area contributed by atoms with Gasteiger partial charge in [-0.05, 0) is 66.7 Å². The molecule has 10 aromatic carbocycles. The topological polar surface area (TPSA) is 51.8 Å². The van der Waals surface area contributed by atoms with Crippen molar-refractivity contribution in [3.05, 3.63) is 176 Å². The molecule has 0 radical (unpaired) electrons. The molecule has 0 fully saturated rings. The van der Waals surface area contributed by atoms with Crippen LogP contribution in [0.5, 0.6) is 0 Å². The molecule has 3 aromatic heterocycles. The molecule has 0 saturated carbocycles. The number of hydrogen-bond acceptors (Lipinski definition) is 5. The second-order valence-electron chi connectivity index (χ2n) is 15.0. The maximum absolute atomic E-state index is 7.08. The number of hydrogen-bond donors (Lipinski definition) is 0. The van der Waals surface area contributed by atoms with E-state index in [1.807, 2.05) is 29.5 Å². The summed E-state index contributed by atoms with van der Waals surface area (Å²) in [5, 5.41) is 16.2. The van der Waals surface area contributed by atoms with Gasteiger partial charge >= 0.3 is 0 Å². The molecule has 5 heteroatoms. The van der Waals surface area contributed by atoms with Crippen LogP contribution in [0, 0.1) is 0 Å². The highest BCUT2D eigenvalue weighted by molar-refractivity contribution is 7.27. The number of rotatable bonds is 3. The third-order valence-corrected chi connectivity index (χ3v) is 13.2. The molecule has 58 heavy (non-hydrogen) atoms. The summed E-state index contributed by atoms with van der Waals surface area (Å²) in [6.07, 6.45) is 0. The van der Waals surface area contributed by atoms with Crippen molar-refractivity contribution in [2.75, 3.05) is 0 Å². The lowest BCUT2D eigenvalue weighted by Gasteiger charge is -2.12. The molecular weight excluding hydrogens is 727 g/mol. The largest absolute Gasteiger partial charge is 0.455 e. The van der Waals surface area contributed by atoms with Crippen LogP contribution in [0.4, 0.5) is 0 Å². The van der Waals surface area contributed by atoms with Crippen LogP contribution >= 0.6 is 11.3 Å². The Hall–Kier alpha value is -7.47. The van der Waals surface area contributed by atoms with Gasteiger partial charge in [-0.25, -0.2) is 15.0 Å². The van der Waals surface area contributed by atoms with E-state index in [1.165, 1.54) is 53.2 Å². The first kappa shape index (κ1) is 31.7. The summed E-state index contributed by atoms with van der Waals surface area (Å²) < 4.78 is 9.51. The fourth-order valence-corrected chi connectivity index (χ4v) is 10.7. The minimum Gasteiger partial charge on any atom is -0.455 e. The molecule has 0 atom stereocenters. The van der Waals surface area contributed by atoms with Gasteiger partial charge in [0, 0.05) is 53.0 Å². The molecular formula is C53H29N3OS. The van der Waals surface area contributed by atoms with Crippen LogP contribution in [-0.4, -0.2) is 15.0 Å². The Morgan fingerprint density at radius 2 is 0.931 bits per heavy atom. The molecule has 0 N–H and O–H groups in total. The second-order valence-corrected chi connectivity index (χ2v) is 16.0. The predicted octanol–water partition coefficient (Wildman–Crippen LogP) is 14.9. The van der Waals surface area contributed by atoms with E-state index in [4.69, 9.17) is 19.4 Å². The number of nitrogens with zero attached hydrogens (tertiary/aromatic N) is 3. The van der Waals surface area contributed by atoms with Crippen molar-refractivity contribution in [2.24, 2.45) is 0 Å². The van der Waals surface area contributed by atoms with Crippen molar-refractivity contribution < 1.29 is 4.42 Å². The van der Waals surface area contributed by atoms with Gasteiger partial charge in [0.15, 0.2) is 17.5 Å². The van der Waals surface area contributed by atoms with E-state index in [1.54, 1.807) is 0 Å². The highest BCUT2D eigenvalue weighted by Gasteiger charge is 2.24. The lowest BCUT2D eigenvalue weighted by atomic mass is 9.92. The predicted molar refractivity (Wildman–Crippen MR) is 244 cm³/mol. The lowest BCUT2D eigenvalue weighted by molar-refractivity contribution is 0.673. The van der Waals surface area contributed by atoms with E-state index in [2.05, 4.69) is 158 Å². The molecule has 0 unspecified atom stereocenters. The zero-order valence-electron chi connectivity index (χ0n) is 30.9. The van der Waals surface area contributed by atoms with Gasteiger partial charge in [-0.3, -0.25) is 0 Å². The first-order valence-corrected chi connectivity index (χ1v) is 20.3. The number of benzene rings is 10. The molecule has 4 nitrogen and oxygen atoms in total. The minimum atomic E-state index is 0.611. The standard InChI is InChI=1S/C53H29N3OS/c1-2-14-31(15-3-1)51-54-52(43-24-12-23-40-41-26-25-30-13-4-7-18-34(30)49(41)58-50(40)43)56-53(55-51)47-33-17-6-5-16-32(33)29-44-46(47)42-28-27-39-37-21-9-8-19-35(37)36-20-10-11-22-38(36)45(39)48(42)57-44/h1-29H. The van der Waals surface area contributed by atoms with Crippen molar-refractivity contribution in [3.8, 4) is 34.2 Å². The Morgan fingerprint density at radius 3 is 1.74 bits per heavy atom. The average Bonchev–Trinajstić information content (AvgIpc) is 3.87. The lowest BCUT2D eigenvalue weighted by Crippen LogP contribution is -2.01. The van der Waals surface area contributed by atoms with E-state index < -0.39 is 0 Å². The fraction of sp³-hybridized carbons (Fsp3) is 0. The molecule has 0 aliphatic carbocycles. The Labute approximate surface area is 335 Å². The Kier molecular flexibility index (Phi) is 6.57. The van der Waals surface area contributed by atoms with E-state index in [0.29, 0.717) is 17.5 Å². The maximum Gasteiger partial charge on any atom is 0.165 e. The van der Waals surface area contributed by atoms with Crippen LogP contribution in [0.3, 0.4) is 0 Å². The molecule has 0 aliphatic heterocycles. The first-order chi connectivity index (χ1) is 28.8. The number of thiophene rings is 1. The smallest absolute Gasteiger partial charge is 0.165 e. The van der Waals surface area contributed by atoms with E-state index in [-0.39, 0.29) is 0 Å². The Bertz CT molecular complexity index is 3830. The molecule has 13 aromatic rings. The van der Waals surface area contributed by atoms with Crippen molar-refractivity contribution in [3.63, 3.8) is 0 Å². The number of fused-ring (bicyclic) bond motifs is 16. The normalized spacial score (nSPS) is 12.1. The molecule has 3 heterocycles. The van der Waals surface area contributed by atoms with Gasteiger partial charge in [0.2, 0.25) is 0 Å². The quantitative estimate of drug-likeness (QED) is 0.169. The number of furan rings is 1. The van der Waals surface area contributed by atoms with Gasteiger partial charge in [0.25, 0.3) is 0 Å². The summed E-state index contributed by atoms with van der Waals surface area (Å²) >= 11 is 1.81. The van der Waals surface area contributed by atoms with Crippen LogP contribution in [0.2, 0.25) is 0 Å². The van der Waals surface area contributed by atoms with Gasteiger partial charge in [0.1, 0.15) is 11.2 Å². The van der Waals surface area contributed by atoms with Crippen LogP contribution in [0.25, 0.3) is 130 Å². The molecule has 0 aliphatic rings. The molecule has 0 bridgehead atoms.